The molecule has 3 saturated heterocycles. The number of anilines is 2. The molecule has 7 nitrogen and oxygen atoms in total. The molecule has 0 radical (unpaired) electrons. The summed E-state index contributed by atoms with van der Waals surface area (Å²) in [4.78, 5) is 19.0. The van der Waals surface area contributed by atoms with Gasteiger partial charge in [-0.3, -0.25) is 4.79 Å². The molecule has 1 atom stereocenters. The van der Waals surface area contributed by atoms with E-state index in [-0.39, 0.29) is 11.8 Å². The molecule has 4 rings (SSSR count). The van der Waals surface area contributed by atoms with Crippen LogP contribution in [0.3, 0.4) is 0 Å². The topological polar surface area (TPSA) is 61.8 Å². The first kappa shape index (κ1) is 16.6. The fourth-order valence-corrected chi connectivity index (χ4v) is 3.92. The number of carbonyl (C=O) groups is 1. The van der Waals surface area contributed by atoms with Gasteiger partial charge in [-0.2, -0.15) is 0 Å². The van der Waals surface area contributed by atoms with Crippen LogP contribution in [0.2, 0.25) is 0 Å². The smallest absolute Gasteiger partial charge is 0.228 e. The molecule has 1 aromatic rings. The molecule has 1 amide bonds. The van der Waals surface area contributed by atoms with Crippen LogP contribution in [-0.4, -0.2) is 73.5 Å². The van der Waals surface area contributed by atoms with Gasteiger partial charge in [0.1, 0.15) is 0 Å². The third kappa shape index (κ3) is 3.71. The Bertz CT molecular complexity index is 574. The zero-order valence-corrected chi connectivity index (χ0v) is 14.8. The van der Waals surface area contributed by atoms with Crippen molar-refractivity contribution in [1.82, 2.24) is 15.1 Å². The largest absolute Gasteiger partial charge is 0.381 e. The van der Waals surface area contributed by atoms with E-state index in [9.17, 15) is 4.79 Å². The van der Waals surface area contributed by atoms with Crippen LogP contribution in [-0.2, 0) is 9.53 Å². The van der Waals surface area contributed by atoms with Gasteiger partial charge in [-0.25, -0.2) is 0 Å². The van der Waals surface area contributed by atoms with Crippen LogP contribution in [0.25, 0.3) is 0 Å². The van der Waals surface area contributed by atoms with Crippen LogP contribution in [0.4, 0.5) is 11.6 Å². The van der Waals surface area contributed by atoms with Gasteiger partial charge in [-0.15, -0.1) is 10.2 Å². The van der Waals surface area contributed by atoms with Crippen molar-refractivity contribution in [2.45, 2.75) is 25.7 Å². The number of hydrogen-bond donors (Lipinski definition) is 0. The van der Waals surface area contributed by atoms with Crippen LogP contribution in [0.15, 0.2) is 12.1 Å². The van der Waals surface area contributed by atoms with Crippen molar-refractivity contribution in [3.05, 3.63) is 12.1 Å². The fourth-order valence-electron chi connectivity index (χ4n) is 3.92. The molecule has 0 aliphatic carbocycles. The highest BCUT2D eigenvalue weighted by atomic mass is 16.5. The molecule has 0 spiro atoms. The number of piperidine rings is 1. The molecular formula is C18H27N5O2. The van der Waals surface area contributed by atoms with Crippen molar-refractivity contribution in [2.24, 2.45) is 5.92 Å². The second kappa shape index (κ2) is 7.56. The minimum Gasteiger partial charge on any atom is -0.381 e. The van der Waals surface area contributed by atoms with Crippen LogP contribution in [0, 0.1) is 5.92 Å². The van der Waals surface area contributed by atoms with Gasteiger partial charge in [0.15, 0.2) is 11.6 Å². The second-order valence-electron chi connectivity index (χ2n) is 7.17. The fraction of sp³-hybridized carbons (Fsp3) is 0.722. The van der Waals surface area contributed by atoms with Crippen LogP contribution in [0.5, 0.6) is 0 Å². The van der Waals surface area contributed by atoms with E-state index in [2.05, 4.69) is 32.1 Å². The van der Waals surface area contributed by atoms with E-state index < -0.39 is 0 Å². The highest BCUT2D eigenvalue weighted by Gasteiger charge is 2.30. The van der Waals surface area contributed by atoms with Gasteiger partial charge in [0.05, 0.1) is 12.5 Å². The first-order valence-corrected chi connectivity index (χ1v) is 9.51. The molecule has 25 heavy (non-hydrogen) atoms. The Balaban J connectivity index is 1.32. The summed E-state index contributed by atoms with van der Waals surface area (Å²) in [5, 5.41) is 8.87. The van der Waals surface area contributed by atoms with Crippen LogP contribution in [0.1, 0.15) is 25.7 Å². The minimum absolute atomic E-state index is 0.0650. The molecule has 0 N–H and O–H groups in total. The van der Waals surface area contributed by atoms with Crippen molar-refractivity contribution in [1.29, 1.82) is 0 Å². The van der Waals surface area contributed by atoms with E-state index in [0.29, 0.717) is 6.61 Å². The number of carbonyl (C=O) groups excluding carboxylic acids is 1. The molecule has 0 saturated carbocycles. The minimum atomic E-state index is 0.0650. The molecule has 0 aromatic carbocycles. The van der Waals surface area contributed by atoms with Gasteiger partial charge in [0.25, 0.3) is 0 Å². The Morgan fingerprint density at radius 1 is 0.920 bits per heavy atom. The summed E-state index contributed by atoms with van der Waals surface area (Å²) >= 11 is 0. The SMILES string of the molecule is O=C(C1CCOC1)N1CCN(c2ccc(N3CCCCC3)nn2)CC1. The molecule has 4 heterocycles. The van der Waals surface area contributed by atoms with Gasteiger partial charge < -0.3 is 19.4 Å². The highest BCUT2D eigenvalue weighted by molar-refractivity contribution is 5.79. The lowest BCUT2D eigenvalue weighted by Gasteiger charge is -2.36. The van der Waals surface area contributed by atoms with Gasteiger partial charge in [0.2, 0.25) is 5.91 Å². The lowest BCUT2D eigenvalue weighted by Crippen LogP contribution is -2.50. The molecule has 0 bridgehead atoms. The number of amides is 1. The van der Waals surface area contributed by atoms with Gasteiger partial charge >= 0.3 is 0 Å². The maximum Gasteiger partial charge on any atom is 0.228 e. The predicted molar refractivity (Wildman–Crippen MR) is 95.8 cm³/mol. The molecule has 3 aliphatic heterocycles. The van der Waals surface area contributed by atoms with E-state index in [1.807, 2.05) is 4.90 Å². The lowest BCUT2D eigenvalue weighted by atomic mass is 10.1. The number of rotatable bonds is 3. The van der Waals surface area contributed by atoms with E-state index in [4.69, 9.17) is 4.74 Å². The van der Waals surface area contributed by atoms with Crippen LogP contribution >= 0.6 is 0 Å². The first-order chi connectivity index (χ1) is 12.3. The molecule has 3 fully saturated rings. The summed E-state index contributed by atoms with van der Waals surface area (Å²) in [6, 6.07) is 4.15. The summed E-state index contributed by atoms with van der Waals surface area (Å²) < 4.78 is 5.34. The van der Waals surface area contributed by atoms with Crippen molar-refractivity contribution < 1.29 is 9.53 Å². The summed E-state index contributed by atoms with van der Waals surface area (Å²) in [5.41, 5.74) is 0. The monoisotopic (exact) mass is 345 g/mol. The second-order valence-corrected chi connectivity index (χ2v) is 7.17. The zero-order valence-electron chi connectivity index (χ0n) is 14.8. The van der Waals surface area contributed by atoms with Gasteiger partial charge in [-0.05, 0) is 37.8 Å². The summed E-state index contributed by atoms with van der Waals surface area (Å²) in [6.07, 6.45) is 4.66. The molecule has 1 unspecified atom stereocenters. The average molecular weight is 345 g/mol. The first-order valence-electron chi connectivity index (χ1n) is 9.51. The number of nitrogens with zero attached hydrogens (tertiary/aromatic N) is 5. The van der Waals surface area contributed by atoms with Crippen molar-refractivity contribution in [3.8, 4) is 0 Å². The Labute approximate surface area is 148 Å². The highest BCUT2D eigenvalue weighted by Crippen LogP contribution is 2.21. The Morgan fingerprint density at radius 3 is 2.12 bits per heavy atom. The van der Waals surface area contributed by atoms with Gasteiger partial charge in [0, 0.05) is 45.9 Å². The van der Waals surface area contributed by atoms with Crippen molar-refractivity contribution >= 4 is 17.5 Å². The molecule has 136 valence electrons. The number of piperazine rings is 1. The van der Waals surface area contributed by atoms with E-state index >= 15 is 0 Å². The Kier molecular flexibility index (Phi) is 5.01. The summed E-state index contributed by atoms with van der Waals surface area (Å²) in [7, 11) is 0. The van der Waals surface area contributed by atoms with Crippen LogP contribution < -0.4 is 9.80 Å². The predicted octanol–water partition coefficient (Wildman–Crippen LogP) is 1.15. The van der Waals surface area contributed by atoms with Crippen molar-refractivity contribution in [3.63, 3.8) is 0 Å². The van der Waals surface area contributed by atoms with E-state index in [1.165, 1.54) is 19.3 Å². The zero-order chi connectivity index (χ0) is 17.1. The third-order valence-electron chi connectivity index (χ3n) is 5.51. The van der Waals surface area contributed by atoms with Gasteiger partial charge in [-0.1, -0.05) is 0 Å². The molecular weight excluding hydrogens is 318 g/mol. The quantitative estimate of drug-likeness (QED) is 0.819. The maximum absolute atomic E-state index is 12.5. The maximum atomic E-state index is 12.5. The number of aromatic nitrogens is 2. The molecule has 1 aromatic heterocycles. The van der Waals surface area contributed by atoms with E-state index in [1.54, 1.807) is 0 Å². The Hall–Kier alpha value is -1.89. The number of hydrogen-bond acceptors (Lipinski definition) is 6. The third-order valence-corrected chi connectivity index (χ3v) is 5.51. The van der Waals surface area contributed by atoms with Crippen molar-refractivity contribution in [2.75, 3.05) is 62.3 Å². The average Bonchev–Trinajstić information content (AvgIpc) is 3.23. The standard InChI is InChI=1S/C18H27N5O2/c24-18(15-6-13-25-14-15)23-11-9-22(10-12-23)17-5-4-16(19-20-17)21-7-2-1-3-8-21/h4-5,15H,1-3,6-14H2. The summed E-state index contributed by atoms with van der Waals surface area (Å²) in [6.45, 7) is 6.61. The molecule has 7 heteroatoms. The normalized spacial score (nSPS) is 24.6. The number of ether oxygens (including phenoxy) is 1. The summed E-state index contributed by atoms with van der Waals surface area (Å²) in [5.74, 6) is 2.22. The Morgan fingerprint density at radius 2 is 1.56 bits per heavy atom. The lowest BCUT2D eigenvalue weighted by molar-refractivity contribution is -0.135. The molecule has 3 aliphatic rings. The van der Waals surface area contributed by atoms with E-state index in [0.717, 1.165) is 63.9 Å².